The molecule has 0 amide bonds. The van der Waals surface area contributed by atoms with E-state index in [1.165, 1.54) is 0 Å². The zero-order valence-corrected chi connectivity index (χ0v) is 12.0. The molecule has 0 atom stereocenters. The van der Waals surface area contributed by atoms with E-state index >= 15 is 0 Å². The van der Waals surface area contributed by atoms with E-state index in [-0.39, 0.29) is 6.61 Å². The molecule has 112 valence electrons. The molecule has 0 aromatic heterocycles. The summed E-state index contributed by atoms with van der Waals surface area (Å²) in [4.78, 5) is 0. The summed E-state index contributed by atoms with van der Waals surface area (Å²) in [7, 11) is 0. The maximum Gasteiger partial charge on any atom is 0.119 e. The number of nitrogens with two attached hydrogens (primary N) is 1. The monoisotopic (exact) mass is 287 g/mol. The van der Waals surface area contributed by atoms with Gasteiger partial charge in [-0.3, -0.25) is 0 Å². The molecule has 0 aliphatic heterocycles. The van der Waals surface area contributed by atoms with Crippen molar-refractivity contribution >= 4 is 0 Å². The van der Waals surface area contributed by atoms with Crippen LogP contribution in [0.2, 0.25) is 0 Å². The van der Waals surface area contributed by atoms with E-state index in [1.54, 1.807) is 0 Å². The molecule has 21 heavy (non-hydrogen) atoms. The maximum atomic E-state index is 9.05. The molecule has 0 unspecified atom stereocenters. The highest BCUT2D eigenvalue weighted by molar-refractivity contribution is 5.28. The Bertz CT molecular complexity index is 540. The van der Waals surface area contributed by atoms with E-state index in [1.807, 2.05) is 48.5 Å². The summed E-state index contributed by atoms with van der Waals surface area (Å²) >= 11 is 0. The number of aliphatic hydroxyl groups excluding tert-OH is 1. The molecule has 3 N–H and O–H groups in total. The van der Waals surface area contributed by atoms with Crippen molar-refractivity contribution in [3.63, 3.8) is 0 Å². The topological polar surface area (TPSA) is 64.7 Å². The van der Waals surface area contributed by atoms with E-state index in [4.69, 9.17) is 20.3 Å². The Kier molecular flexibility index (Phi) is 6.06. The number of benzene rings is 2. The molecule has 2 aromatic carbocycles. The van der Waals surface area contributed by atoms with Gasteiger partial charge in [0, 0.05) is 13.0 Å². The van der Waals surface area contributed by atoms with Gasteiger partial charge < -0.3 is 20.3 Å². The van der Waals surface area contributed by atoms with Crippen molar-refractivity contribution in [2.45, 2.75) is 19.6 Å². The summed E-state index contributed by atoms with van der Waals surface area (Å²) in [5.74, 6) is 1.61. The van der Waals surface area contributed by atoms with E-state index in [0.29, 0.717) is 19.8 Å². The van der Waals surface area contributed by atoms with Crippen molar-refractivity contribution in [2.75, 3.05) is 13.2 Å². The zero-order chi connectivity index (χ0) is 14.9. The van der Waals surface area contributed by atoms with Gasteiger partial charge in [-0.25, -0.2) is 0 Å². The minimum Gasteiger partial charge on any atom is -0.493 e. The van der Waals surface area contributed by atoms with Crippen molar-refractivity contribution in [1.82, 2.24) is 0 Å². The Balaban J connectivity index is 1.67. The molecular formula is C17H21NO3. The fourth-order valence-electron chi connectivity index (χ4n) is 1.89. The second-order valence-electron chi connectivity index (χ2n) is 4.70. The average Bonchev–Trinajstić information content (AvgIpc) is 2.55. The lowest BCUT2D eigenvalue weighted by Crippen LogP contribution is -2.05. The SMILES string of the molecule is NCc1ccc(OCCCOc2cccc(CO)c2)cc1. The van der Waals surface area contributed by atoms with Crippen LogP contribution in [-0.4, -0.2) is 18.3 Å². The minimum absolute atomic E-state index is 0.0269. The van der Waals surface area contributed by atoms with Crippen molar-refractivity contribution in [3.05, 3.63) is 59.7 Å². The Morgan fingerprint density at radius 1 is 0.857 bits per heavy atom. The van der Waals surface area contributed by atoms with E-state index < -0.39 is 0 Å². The second-order valence-corrected chi connectivity index (χ2v) is 4.70. The molecule has 0 saturated carbocycles. The quantitative estimate of drug-likeness (QED) is 0.732. The van der Waals surface area contributed by atoms with Crippen molar-refractivity contribution in [1.29, 1.82) is 0 Å². The zero-order valence-electron chi connectivity index (χ0n) is 12.0. The summed E-state index contributed by atoms with van der Waals surface area (Å²) in [6, 6.07) is 15.2. The summed E-state index contributed by atoms with van der Waals surface area (Å²) < 4.78 is 11.2. The third-order valence-electron chi connectivity index (χ3n) is 3.07. The lowest BCUT2D eigenvalue weighted by Gasteiger charge is -2.09. The van der Waals surface area contributed by atoms with Gasteiger partial charge in [0.1, 0.15) is 11.5 Å². The molecular weight excluding hydrogens is 266 g/mol. The van der Waals surface area contributed by atoms with Gasteiger partial charge in [0.05, 0.1) is 19.8 Å². The van der Waals surface area contributed by atoms with Crippen LogP contribution in [0, 0.1) is 0 Å². The average molecular weight is 287 g/mol. The summed E-state index contributed by atoms with van der Waals surface area (Å²) in [6.07, 6.45) is 0.794. The molecule has 0 saturated heterocycles. The Morgan fingerprint density at radius 3 is 2.24 bits per heavy atom. The smallest absolute Gasteiger partial charge is 0.119 e. The molecule has 0 bridgehead atoms. The summed E-state index contributed by atoms with van der Waals surface area (Å²) in [6.45, 7) is 1.75. The van der Waals surface area contributed by atoms with Crippen LogP contribution < -0.4 is 15.2 Å². The lowest BCUT2D eigenvalue weighted by atomic mass is 10.2. The second kappa shape index (κ2) is 8.29. The molecule has 0 fully saturated rings. The standard InChI is InChI=1S/C17H21NO3/c18-12-14-5-7-16(8-6-14)20-9-2-10-21-17-4-1-3-15(11-17)13-19/h1,3-8,11,19H,2,9-10,12-13,18H2. The van der Waals surface area contributed by atoms with E-state index in [9.17, 15) is 0 Å². The number of hydrogen-bond donors (Lipinski definition) is 2. The third-order valence-corrected chi connectivity index (χ3v) is 3.07. The molecule has 0 aliphatic carbocycles. The molecule has 2 rings (SSSR count). The van der Waals surface area contributed by atoms with Gasteiger partial charge in [0.2, 0.25) is 0 Å². The van der Waals surface area contributed by atoms with Crippen molar-refractivity contribution in [3.8, 4) is 11.5 Å². The van der Waals surface area contributed by atoms with Gasteiger partial charge in [-0.05, 0) is 35.4 Å². The fraction of sp³-hybridized carbons (Fsp3) is 0.294. The van der Waals surface area contributed by atoms with E-state index in [0.717, 1.165) is 29.0 Å². The first-order valence-corrected chi connectivity index (χ1v) is 7.06. The van der Waals surface area contributed by atoms with Gasteiger partial charge in [0.15, 0.2) is 0 Å². The Hall–Kier alpha value is -2.04. The van der Waals surface area contributed by atoms with Crippen LogP contribution in [0.4, 0.5) is 0 Å². The number of aliphatic hydroxyl groups is 1. The number of rotatable bonds is 8. The number of ether oxygens (including phenoxy) is 2. The predicted octanol–water partition coefficient (Wildman–Crippen LogP) is 2.49. The van der Waals surface area contributed by atoms with Gasteiger partial charge in [-0.1, -0.05) is 24.3 Å². The highest BCUT2D eigenvalue weighted by atomic mass is 16.5. The third kappa shape index (κ3) is 5.10. The van der Waals surface area contributed by atoms with Crippen LogP contribution in [0.1, 0.15) is 17.5 Å². The van der Waals surface area contributed by atoms with E-state index in [2.05, 4.69) is 0 Å². The highest BCUT2D eigenvalue weighted by Crippen LogP contribution is 2.14. The van der Waals surface area contributed by atoms with Crippen LogP contribution in [-0.2, 0) is 13.2 Å². The van der Waals surface area contributed by atoms with Gasteiger partial charge in [-0.2, -0.15) is 0 Å². The summed E-state index contributed by atoms with van der Waals surface area (Å²) in [5.41, 5.74) is 7.49. The largest absolute Gasteiger partial charge is 0.493 e. The molecule has 2 aromatic rings. The first-order chi connectivity index (χ1) is 10.3. The van der Waals surface area contributed by atoms with Crippen LogP contribution in [0.3, 0.4) is 0 Å². The summed E-state index contributed by atoms with van der Waals surface area (Å²) in [5, 5.41) is 9.05. The molecule has 4 nitrogen and oxygen atoms in total. The highest BCUT2D eigenvalue weighted by Gasteiger charge is 1.98. The first-order valence-electron chi connectivity index (χ1n) is 7.06. The van der Waals surface area contributed by atoms with Crippen LogP contribution in [0.5, 0.6) is 11.5 Å². The fourth-order valence-corrected chi connectivity index (χ4v) is 1.89. The Morgan fingerprint density at radius 2 is 1.57 bits per heavy atom. The molecule has 0 spiro atoms. The predicted molar refractivity (Wildman–Crippen MR) is 82.3 cm³/mol. The molecule has 0 heterocycles. The van der Waals surface area contributed by atoms with Crippen LogP contribution in [0.25, 0.3) is 0 Å². The maximum absolute atomic E-state index is 9.05. The number of hydrogen-bond acceptors (Lipinski definition) is 4. The van der Waals surface area contributed by atoms with Crippen molar-refractivity contribution < 1.29 is 14.6 Å². The van der Waals surface area contributed by atoms with Crippen molar-refractivity contribution in [2.24, 2.45) is 5.73 Å². The first kappa shape index (κ1) is 15.4. The lowest BCUT2D eigenvalue weighted by molar-refractivity contribution is 0.246. The molecule has 0 radical (unpaired) electrons. The Labute approximate surface area is 125 Å². The normalized spacial score (nSPS) is 10.4. The van der Waals surface area contributed by atoms with Crippen LogP contribution >= 0.6 is 0 Å². The van der Waals surface area contributed by atoms with Gasteiger partial charge >= 0.3 is 0 Å². The van der Waals surface area contributed by atoms with Crippen LogP contribution in [0.15, 0.2) is 48.5 Å². The molecule has 0 aliphatic rings. The molecule has 4 heteroatoms. The minimum atomic E-state index is 0.0269. The van der Waals surface area contributed by atoms with Gasteiger partial charge in [0.25, 0.3) is 0 Å². The van der Waals surface area contributed by atoms with Gasteiger partial charge in [-0.15, -0.1) is 0 Å².